The van der Waals surface area contributed by atoms with Gasteiger partial charge in [-0.15, -0.1) is 0 Å². The van der Waals surface area contributed by atoms with Crippen molar-refractivity contribution in [2.24, 2.45) is 0 Å². The fourth-order valence-electron chi connectivity index (χ4n) is 2.11. The van der Waals surface area contributed by atoms with E-state index in [0.717, 1.165) is 11.5 Å². The van der Waals surface area contributed by atoms with E-state index in [-0.39, 0.29) is 17.4 Å². The number of rotatable bonds is 9. The number of carboxylic acid groups (broad SMARTS) is 1. The zero-order valence-electron chi connectivity index (χ0n) is 14.3. The van der Waals surface area contributed by atoms with E-state index in [1.54, 1.807) is 0 Å². The van der Waals surface area contributed by atoms with Gasteiger partial charge in [-0.1, -0.05) is 0 Å². The van der Waals surface area contributed by atoms with Crippen LogP contribution < -0.4 is 14.2 Å². The van der Waals surface area contributed by atoms with Gasteiger partial charge in [0.1, 0.15) is 28.6 Å². The maximum atomic E-state index is 10.8. The van der Waals surface area contributed by atoms with Crippen LogP contribution in [0.25, 0.3) is 0 Å². The minimum Gasteiger partial charge on any atom is -0.507 e. The summed E-state index contributed by atoms with van der Waals surface area (Å²) in [7, 11) is 0. The molecule has 2 rings (SSSR count). The maximum Gasteiger partial charge on any atom is 0.339 e. The van der Waals surface area contributed by atoms with Crippen molar-refractivity contribution in [3.05, 3.63) is 48.0 Å². The molecule has 0 unspecified atom stereocenters. The number of hydrogen-bond donors (Lipinski definition) is 2. The molecule has 2 aromatic rings. The Morgan fingerprint density at radius 3 is 2.08 bits per heavy atom. The van der Waals surface area contributed by atoms with Gasteiger partial charge in [-0.3, -0.25) is 0 Å². The van der Waals surface area contributed by atoms with Crippen LogP contribution in [0.2, 0.25) is 0 Å². The molecule has 0 fully saturated rings. The highest BCUT2D eigenvalue weighted by molar-refractivity contribution is 5.90. The number of ether oxygens (including phenoxy) is 3. The molecule has 0 atom stereocenters. The predicted octanol–water partition coefficient (Wildman–Crippen LogP) is 3.73. The van der Waals surface area contributed by atoms with Gasteiger partial charge < -0.3 is 24.4 Å². The molecular formula is C19H22O6. The summed E-state index contributed by atoms with van der Waals surface area (Å²) in [5.41, 5.74) is -0.152. The summed E-state index contributed by atoms with van der Waals surface area (Å²) in [6, 6.07) is 11.5. The Hall–Kier alpha value is -2.89. The highest BCUT2D eigenvalue weighted by Gasteiger charge is 2.10. The lowest BCUT2D eigenvalue weighted by atomic mass is 10.2. The van der Waals surface area contributed by atoms with Crippen LogP contribution in [-0.4, -0.2) is 35.5 Å². The SMILES string of the molecule is CC(C)Oc1ccc(OCCCOc2ccc(C(=O)O)c(O)c2)cc1. The molecule has 0 aliphatic heterocycles. The number of aromatic carboxylic acids is 1. The van der Waals surface area contributed by atoms with Gasteiger partial charge in [0.15, 0.2) is 0 Å². The number of hydrogen-bond acceptors (Lipinski definition) is 5. The van der Waals surface area contributed by atoms with E-state index in [0.29, 0.717) is 25.4 Å². The molecule has 25 heavy (non-hydrogen) atoms. The Morgan fingerprint density at radius 2 is 1.52 bits per heavy atom. The second kappa shape index (κ2) is 8.82. The summed E-state index contributed by atoms with van der Waals surface area (Å²) in [6.07, 6.45) is 0.777. The van der Waals surface area contributed by atoms with Crippen LogP contribution in [0.4, 0.5) is 0 Å². The molecule has 0 radical (unpaired) electrons. The number of carboxylic acids is 1. The molecule has 0 saturated heterocycles. The van der Waals surface area contributed by atoms with Gasteiger partial charge in [0.25, 0.3) is 0 Å². The normalized spacial score (nSPS) is 10.5. The molecular weight excluding hydrogens is 324 g/mol. The third kappa shape index (κ3) is 5.91. The lowest BCUT2D eigenvalue weighted by Gasteiger charge is -2.11. The fraction of sp³-hybridized carbons (Fsp3) is 0.316. The predicted molar refractivity (Wildman–Crippen MR) is 92.9 cm³/mol. The number of aromatic hydroxyl groups is 1. The van der Waals surface area contributed by atoms with Crippen molar-refractivity contribution in [3.8, 4) is 23.0 Å². The van der Waals surface area contributed by atoms with E-state index >= 15 is 0 Å². The molecule has 0 aromatic heterocycles. The minimum absolute atomic E-state index is 0.132. The molecule has 2 aromatic carbocycles. The van der Waals surface area contributed by atoms with E-state index in [1.807, 2.05) is 38.1 Å². The van der Waals surface area contributed by atoms with Gasteiger partial charge >= 0.3 is 5.97 Å². The van der Waals surface area contributed by atoms with E-state index in [9.17, 15) is 9.90 Å². The summed E-state index contributed by atoms with van der Waals surface area (Å²) in [6.45, 7) is 4.81. The Bertz CT molecular complexity index is 694. The van der Waals surface area contributed by atoms with Crippen LogP contribution in [0, 0.1) is 0 Å². The molecule has 134 valence electrons. The fourth-order valence-corrected chi connectivity index (χ4v) is 2.11. The van der Waals surface area contributed by atoms with Crippen LogP contribution in [0.3, 0.4) is 0 Å². The maximum absolute atomic E-state index is 10.8. The van der Waals surface area contributed by atoms with Crippen molar-refractivity contribution in [2.45, 2.75) is 26.4 Å². The molecule has 0 spiro atoms. The van der Waals surface area contributed by atoms with Gasteiger partial charge in [0, 0.05) is 12.5 Å². The van der Waals surface area contributed by atoms with Gasteiger partial charge in [0.2, 0.25) is 0 Å². The monoisotopic (exact) mass is 346 g/mol. The molecule has 0 saturated carbocycles. The van der Waals surface area contributed by atoms with Crippen LogP contribution in [0.15, 0.2) is 42.5 Å². The van der Waals surface area contributed by atoms with Crippen molar-refractivity contribution in [2.75, 3.05) is 13.2 Å². The van der Waals surface area contributed by atoms with E-state index in [2.05, 4.69) is 0 Å². The summed E-state index contributed by atoms with van der Waals surface area (Å²) >= 11 is 0. The van der Waals surface area contributed by atoms with E-state index in [4.69, 9.17) is 19.3 Å². The van der Waals surface area contributed by atoms with E-state index < -0.39 is 5.97 Å². The largest absolute Gasteiger partial charge is 0.507 e. The first-order chi connectivity index (χ1) is 12.0. The van der Waals surface area contributed by atoms with Crippen molar-refractivity contribution in [3.63, 3.8) is 0 Å². The smallest absolute Gasteiger partial charge is 0.339 e. The summed E-state index contributed by atoms with van der Waals surface area (Å²) in [4.78, 5) is 10.8. The van der Waals surface area contributed by atoms with Gasteiger partial charge in [-0.05, 0) is 50.2 Å². The van der Waals surface area contributed by atoms with Crippen LogP contribution in [0.5, 0.6) is 23.0 Å². The molecule has 6 nitrogen and oxygen atoms in total. The summed E-state index contributed by atoms with van der Waals surface area (Å²) in [5.74, 6) is 0.472. The molecule has 6 heteroatoms. The Balaban J connectivity index is 1.71. The molecule has 2 N–H and O–H groups in total. The molecule has 0 aliphatic carbocycles. The first-order valence-electron chi connectivity index (χ1n) is 8.04. The zero-order valence-corrected chi connectivity index (χ0v) is 14.3. The van der Waals surface area contributed by atoms with Crippen LogP contribution in [0.1, 0.15) is 30.6 Å². The average molecular weight is 346 g/mol. The van der Waals surface area contributed by atoms with Crippen molar-refractivity contribution < 1.29 is 29.2 Å². The van der Waals surface area contributed by atoms with Crippen LogP contribution in [-0.2, 0) is 0 Å². The average Bonchev–Trinajstić information content (AvgIpc) is 2.55. The second-order valence-corrected chi connectivity index (χ2v) is 5.67. The summed E-state index contributed by atoms with van der Waals surface area (Å²) < 4.78 is 16.6. The minimum atomic E-state index is -1.18. The highest BCUT2D eigenvalue weighted by atomic mass is 16.5. The Kier molecular flexibility index (Phi) is 6.51. The molecule has 0 heterocycles. The van der Waals surface area contributed by atoms with Gasteiger partial charge in [-0.25, -0.2) is 4.79 Å². The quantitative estimate of drug-likeness (QED) is 0.673. The highest BCUT2D eigenvalue weighted by Crippen LogP contribution is 2.23. The number of carbonyl (C=O) groups is 1. The van der Waals surface area contributed by atoms with Crippen molar-refractivity contribution in [1.29, 1.82) is 0 Å². The Morgan fingerprint density at radius 1 is 0.960 bits per heavy atom. The number of benzene rings is 2. The number of phenols is 1. The summed E-state index contributed by atoms with van der Waals surface area (Å²) in [5, 5.41) is 18.4. The lowest BCUT2D eigenvalue weighted by Crippen LogP contribution is -2.06. The topological polar surface area (TPSA) is 85.2 Å². The van der Waals surface area contributed by atoms with Crippen molar-refractivity contribution in [1.82, 2.24) is 0 Å². The Labute approximate surface area is 146 Å². The third-order valence-electron chi connectivity index (χ3n) is 3.22. The second-order valence-electron chi connectivity index (χ2n) is 5.67. The van der Waals surface area contributed by atoms with E-state index in [1.165, 1.54) is 18.2 Å². The van der Waals surface area contributed by atoms with Gasteiger partial charge in [0.05, 0.1) is 19.3 Å². The van der Waals surface area contributed by atoms with Gasteiger partial charge in [-0.2, -0.15) is 0 Å². The van der Waals surface area contributed by atoms with Crippen LogP contribution >= 0.6 is 0 Å². The molecule has 0 bridgehead atoms. The first-order valence-corrected chi connectivity index (χ1v) is 8.04. The standard InChI is InChI=1S/C19H22O6/c1-13(2)25-15-6-4-14(5-7-15)23-10-3-11-24-16-8-9-17(19(21)22)18(20)12-16/h4-9,12-13,20H,3,10-11H2,1-2H3,(H,21,22). The molecule has 0 amide bonds. The first kappa shape index (κ1) is 18.4. The molecule has 0 aliphatic rings. The lowest BCUT2D eigenvalue weighted by molar-refractivity contribution is 0.0693. The zero-order chi connectivity index (χ0) is 18.2. The third-order valence-corrected chi connectivity index (χ3v) is 3.22. The van der Waals surface area contributed by atoms with Crippen molar-refractivity contribution >= 4 is 5.97 Å².